The zero-order chi connectivity index (χ0) is 20.5. The Hall–Kier alpha value is -3.20. The fourth-order valence-electron chi connectivity index (χ4n) is 2.62. The van der Waals surface area contributed by atoms with Crippen LogP contribution in [0.25, 0.3) is 0 Å². The minimum atomic E-state index is -0.676. The number of nitriles is 1. The van der Waals surface area contributed by atoms with Gasteiger partial charge in [-0.3, -0.25) is 4.79 Å². The number of hydrogen-bond acceptors (Lipinski definition) is 5. The molecular weight excluding hydrogens is 356 g/mol. The standard InChI is InChI=1S/C22H26N2O4/c1-5-26-20-12-9-18(13-21(20)27-6-2)15(3)24-22(25)16(4)28-19-10-7-17(14-23)8-11-19/h7-13,15-16H,5-6H2,1-4H3,(H,24,25). The molecule has 6 nitrogen and oxygen atoms in total. The number of nitrogens with zero attached hydrogens (tertiary/aromatic N) is 1. The van der Waals surface area contributed by atoms with E-state index in [0.29, 0.717) is 36.0 Å². The van der Waals surface area contributed by atoms with E-state index >= 15 is 0 Å². The van der Waals surface area contributed by atoms with Crippen molar-refractivity contribution >= 4 is 5.91 Å². The summed E-state index contributed by atoms with van der Waals surface area (Å²) < 4.78 is 16.9. The summed E-state index contributed by atoms with van der Waals surface area (Å²) in [6.07, 6.45) is -0.676. The van der Waals surface area contributed by atoms with Gasteiger partial charge in [0.05, 0.1) is 30.9 Å². The lowest BCUT2D eigenvalue weighted by Crippen LogP contribution is -2.37. The summed E-state index contributed by atoms with van der Waals surface area (Å²) in [5, 5.41) is 11.8. The Labute approximate surface area is 166 Å². The molecule has 0 radical (unpaired) electrons. The number of ether oxygens (including phenoxy) is 3. The topological polar surface area (TPSA) is 80.6 Å². The molecule has 148 valence electrons. The molecule has 6 heteroatoms. The third kappa shape index (κ3) is 5.65. The molecule has 0 fully saturated rings. The van der Waals surface area contributed by atoms with Crippen LogP contribution in [0.1, 0.15) is 44.9 Å². The van der Waals surface area contributed by atoms with Crippen molar-refractivity contribution in [3.63, 3.8) is 0 Å². The summed E-state index contributed by atoms with van der Waals surface area (Å²) in [7, 11) is 0. The zero-order valence-corrected chi connectivity index (χ0v) is 16.7. The molecule has 2 atom stereocenters. The zero-order valence-electron chi connectivity index (χ0n) is 16.7. The fraction of sp³-hybridized carbons (Fsp3) is 0.364. The molecule has 2 rings (SSSR count). The predicted octanol–water partition coefficient (Wildman–Crippen LogP) is 4.00. The Kier molecular flexibility index (Phi) is 7.70. The van der Waals surface area contributed by atoms with Gasteiger partial charge in [-0.05, 0) is 69.7 Å². The van der Waals surface area contributed by atoms with Gasteiger partial charge in [-0.25, -0.2) is 0 Å². The lowest BCUT2D eigenvalue weighted by atomic mass is 10.1. The van der Waals surface area contributed by atoms with Crippen LogP contribution in [0, 0.1) is 11.3 Å². The smallest absolute Gasteiger partial charge is 0.261 e. The number of carbonyl (C=O) groups is 1. The van der Waals surface area contributed by atoms with Crippen LogP contribution in [0.3, 0.4) is 0 Å². The van der Waals surface area contributed by atoms with E-state index in [-0.39, 0.29) is 11.9 Å². The van der Waals surface area contributed by atoms with Crippen LogP contribution in [-0.2, 0) is 4.79 Å². The van der Waals surface area contributed by atoms with Crippen molar-refractivity contribution < 1.29 is 19.0 Å². The Morgan fingerprint density at radius 1 is 1.04 bits per heavy atom. The second-order valence-electron chi connectivity index (χ2n) is 6.20. The quantitative estimate of drug-likeness (QED) is 0.709. The van der Waals surface area contributed by atoms with Gasteiger partial charge < -0.3 is 19.5 Å². The molecule has 1 amide bonds. The molecule has 0 aliphatic heterocycles. The van der Waals surface area contributed by atoms with E-state index in [0.717, 1.165) is 5.56 Å². The lowest BCUT2D eigenvalue weighted by molar-refractivity contribution is -0.127. The molecule has 2 aromatic rings. The van der Waals surface area contributed by atoms with E-state index in [1.807, 2.05) is 45.0 Å². The molecule has 0 spiro atoms. The highest BCUT2D eigenvalue weighted by Crippen LogP contribution is 2.30. The molecule has 0 saturated heterocycles. The van der Waals surface area contributed by atoms with Gasteiger partial charge in [0, 0.05) is 0 Å². The van der Waals surface area contributed by atoms with Gasteiger partial charge in [-0.2, -0.15) is 5.26 Å². The van der Waals surface area contributed by atoms with Crippen LogP contribution >= 0.6 is 0 Å². The van der Waals surface area contributed by atoms with Crippen molar-refractivity contribution in [1.29, 1.82) is 5.26 Å². The lowest BCUT2D eigenvalue weighted by Gasteiger charge is -2.20. The van der Waals surface area contributed by atoms with Gasteiger partial charge in [0.25, 0.3) is 5.91 Å². The summed E-state index contributed by atoms with van der Waals surface area (Å²) >= 11 is 0. The van der Waals surface area contributed by atoms with Crippen molar-refractivity contribution in [1.82, 2.24) is 5.32 Å². The highest BCUT2D eigenvalue weighted by Gasteiger charge is 2.19. The van der Waals surface area contributed by atoms with Gasteiger partial charge in [-0.15, -0.1) is 0 Å². The first-order chi connectivity index (χ1) is 13.5. The minimum Gasteiger partial charge on any atom is -0.490 e. The van der Waals surface area contributed by atoms with Gasteiger partial charge >= 0.3 is 0 Å². The summed E-state index contributed by atoms with van der Waals surface area (Å²) in [6, 6.07) is 14.1. The van der Waals surface area contributed by atoms with Gasteiger partial charge in [0.2, 0.25) is 0 Å². The minimum absolute atomic E-state index is 0.227. The molecule has 1 N–H and O–H groups in total. The second kappa shape index (κ2) is 10.2. The van der Waals surface area contributed by atoms with E-state index in [4.69, 9.17) is 19.5 Å². The monoisotopic (exact) mass is 382 g/mol. The first-order valence-electron chi connectivity index (χ1n) is 9.35. The number of hydrogen-bond donors (Lipinski definition) is 1. The maximum atomic E-state index is 12.5. The average molecular weight is 382 g/mol. The number of nitrogens with one attached hydrogen (secondary N) is 1. The number of carbonyl (C=O) groups excluding carboxylic acids is 1. The molecule has 28 heavy (non-hydrogen) atoms. The maximum absolute atomic E-state index is 12.5. The van der Waals surface area contributed by atoms with Crippen LogP contribution in [0.2, 0.25) is 0 Å². The van der Waals surface area contributed by atoms with E-state index in [1.54, 1.807) is 31.2 Å². The predicted molar refractivity (Wildman–Crippen MR) is 107 cm³/mol. The van der Waals surface area contributed by atoms with Crippen LogP contribution < -0.4 is 19.5 Å². The fourth-order valence-corrected chi connectivity index (χ4v) is 2.62. The second-order valence-corrected chi connectivity index (χ2v) is 6.20. The van der Waals surface area contributed by atoms with E-state index in [1.165, 1.54) is 0 Å². The van der Waals surface area contributed by atoms with Crippen LogP contribution in [0.15, 0.2) is 42.5 Å². The molecular formula is C22H26N2O4. The number of benzene rings is 2. The third-order valence-electron chi connectivity index (χ3n) is 4.09. The molecule has 2 unspecified atom stereocenters. The largest absolute Gasteiger partial charge is 0.490 e. The van der Waals surface area contributed by atoms with Crippen molar-refractivity contribution in [3.05, 3.63) is 53.6 Å². The number of rotatable bonds is 9. The molecule has 2 aromatic carbocycles. The number of amides is 1. The molecule has 0 aromatic heterocycles. The first-order valence-corrected chi connectivity index (χ1v) is 9.35. The summed E-state index contributed by atoms with van der Waals surface area (Å²) in [6.45, 7) is 8.50. The van der Waals surface area contributed by atoms with E-state index in [2.05, 4.69) is 5.32 Å². The summed E-state index contributed by atoms with van der Waals surface area (Å²) in [5.74, 6) is 1.65. The summed E-state index contributed by atoms with van der Waals surface area (Å²) in [4.78, 5) is 12.5. The van der Waals surface area contributed by atoms with Crippen molar-refractivity contribution in [2.24, 2.45) is 0 Å². The Morgan fingerprint density at radius 2 is 1.68 bits per heavy atom. The van der Waals surface area contributed by atoms with Crippen LogP contribution in [0.4, 0.5) is 0 Å². The van der Waals surface area contributed by atoms with E-state index < -0.39 is 6.10 Å². The average Bonchev–Trinajstić information content (AvgIpc) is 2.70. The Bertz CT molecular complexity index is 827. The first kappa shape index (κ1) is 21.1. The molecule has 0 bridgehead atoms. The van der Waals surface area contributed by atoms with Crippen LogP contribution in [0.5, 0.6) is 17.2 Å². The van der Waals surface area contributed by atoms with Crippen molar-refractivity contribution in [2.75, 3.05) is 13.2 Å². The highest BCUT2D eigenvalue weighted by atomic mass is 16.5. The molecule has 0 heterocycles. The van der Waals surface area contributed by atoms with Crippen molar-refractivity contribution in [3.8, 4) is 23.3 Å². The molecule has 0 saturated carbocycles. The molecule has 0 aliphatic rings. The summed E-state index contributed by atoms with van der Waals surface area (Å²) in [5.41, 5.74) is 1.45. The SMILES string of the molecule is CCOc1ccc(C(C)NC(=O)C(C)Oc2ccc(C#N)cc2)cc1OCC. The highest BCUT2D eigenvalue weighted by molar-refractivity contribution is 5.81. The van der Waals surface area contributed by atoms with Gasteiger partial charge in [-0.1, -0.05) is 6.07 Å². The van der Waals surface area contributed by atoms with E-state index in [9.17, 15) is 4.79 Å². The maximum Gasteiger partial charge on any atom is 0.261 e. The normalized spacial score (nSPS) is 12.4. The molecule has 0 aliphatic carbocycles. The van der Waals surface area contributed by atoms with Gasteiger partial charge in [0.15, 0.2) is 17.6 Å². The third-order valence-corrected chi connectivity index (χ3v) is 4.09. The Balaban J connectivity index is 2.02. The van der Waals surface area contributed by atoms with Crippen LogP contribution in [-0.4, -0.2) is 25.2 Å². The van der Waals surface area contributed by atoms with Crippen molar-refractivity contribution in [2.45, 2.75) is 39.8 Å². The Morgan fingerprint density at radius 3 is 2.29 bits per heavy atom. The van der Waals surface area contributed by atoms with Gasteiger partial charge in [0.1, 0.15) is 5.75 Å².